The van der Waals surface area contributed by atoms with Gasteiger partial charge in [-0.25, -0.2) is 9.59 Å². The molecule has 9 nitrogen and oxygen atoms in total. The lowest BCUT2D eigenvalue weighted by atomic mass is 10.2. The van der Waals surface area contributed by atoms with Crippen molar-refractivity contribution < 1.29 is 19.0 Å². The molecule has 0 fully saturated rings. The summed E-state index contributed by atoms with van der Waals surface area (Å²) in [4.78, 5) is 38.6. The molecule has 2 aromatic carbocycles. The largest absolute Gasteiger partial charge is 0.493 e. The first-order valence-corrected chi connectivity index (χ1v) is 9.09. The molecule has 0 radical (unpaired) electrons. The fourth-order valence-electron chi connectivity index (χ4n) is 2.50. The van der Waals surface area contributed by atoms with E-state index in [9.17, 15) is 14.4 Å². The number of halogens is 1. The van der Waals surface area contributed by atoms with Crippen molar-refractivity contribution in [1.82, 2.24) is 9.66 Å². The number of H-pyrrole nitrogens is 1. The highest BCUT2D eigenvalue weighted by Crippen LogP contribution is 2.33. The lowest BCUT2D eigenvalue weighted by Crippen LogP contribution is -2.32. The van der Waals surface area contributed by atoms with Crippen molar-refractivity contribution in [3.63, 3.8) is 0 Å². The molecule has 0 aliphatic carbocycles. The van der Waals surface area contributed by atoms with Gasteiger partial charge in [-0.15, -0.1) is 4.68 Å². The normalized spacial score (nSPS) is 11.0. The first kappa shape index (κ1) is 20.3. The molecule has 0 saturated carbocycles. The number of benzene rings is 2. The summed E-state index contributed by atoms with van der Waals surface area (Å²) in [5.74, 6) is 0.102. The number of nitrogens with zero attached hydrogens (tertiary/aromatic N) is 2. The summed E-state index contributed by atoms with van der Waals surface area (Å²) in [6.07, 6.45) is 1.34. The van der Waals surface area contributed by atoms with Crippen molar-refractivity contribution in [3.8, 4) is 11.5 Å². The Bertz CT molecular complexity index is 1210. The Labute approximate surface area is 172 Å². The number of fused-ring (bicyclic) bond motifs is 1. The molecule has 1 N–H and O–H groups in total. The molecule has 0 spiro atoms. The minimum atomic E-state index is -0.661. The number of nitrogens with one attached hydrogen (secondary N) is 1. The van der Waals surface area contributed by atoms with Crippen LogP contribution in [0.5, 0.6) is 11.5 Å². The van der Waals surface area contributed by atoms with Crippen LogP contribution < -0.4 is 20.7 Å². The maximum atomic E-state index is 12.5. The van der Waals surface area contributed by atoms with Gasteiger partial charge >= 0.3 is 11.7 Å². The van der Waals surface area contributed by atoms with Crippen molar-refractivity contribution in [3.05, 3.63) is 67.3 Å². The second-order valence-electron chi connectivity index (χ2n) is 5.73. The zero-order valence-electron chi connectivity index (χ0n) is 15.5. The monoisotopic (exact) mass is 461 g/mol. The molecule has 150 valence electrons. The molecular weight excluding hydrogens is 446 g/mol. The van der Waals surface area contributed by atoms with Crippen LogP contribution in [0, 0.1) is 0 Å². The Morgan fingerprint density at radius 1 is 1.21 bits per heavy atom. The number of methoxy groups -OCH3 is 2. The lowest BCUT2D eigenvalue weighted by molar-refractivity contribution is -0.142. The molecular formula is C19H16BrN3O6. The number of ether oxygens (including phenoxy) is 3. The van der Waals surface area contributed by atoms with Crippen LogP contribution in [0.3, 0.4) is 0 Å². The van der Waals surface area contributed by atoms with Gasteiger partial charge in [-0.05, 0) is 40.2 Å². The van der Waals surface area contributed by atoms with Gasteiger partial charge in [0.05, 0.1) is 31.3 Å². The predicted octanol–water partition coefficient (Wildman–Crippen LogP) is 1.89. The van der Waals surface area contributed by atoms with Crippen molar-refractivity contribution >= 4 is 39.0 Å². The quantitative estimate of drug-likeness (QED) is 0.443. The van der Waals surface area contributed by atoms with Gasteiger partial charge in [-0.2, -0.15) is 5.10 Å². The molecule has 0 bridgehead atoms. The van der Waals surface area contributed by atoms with Crippen molar-refractivity contribution in [2.24, 2.45) is 5.10 Å². The van der Waals surface area contributed by atoms with Crippen molar-refractivity contribution in [2.45, 2.75) is 0 Å². The minimum Gasteiger partial charge on any atom is -0.493 e. The van der Waals surface area contributed by atoms with E-state index in [1.807, 2.05) is 0 Å². The van der Waals surface area contributed by atoms with E-state index >= 15 is 0 Å². The average molecular weight is 462 g/mol. The number of para-hydroxylation sites is 1. The molecule has 10 heteroatoms. The molecule has 3 rings (SSSR count). The van der Waals surface area contributed by atoms with Gasteiger partial charge in [0.15, 0.2) is 18.1 Å². The predicted molar refractivity (Wildman–Crippen MR) is 110 cm³/mol. The topological polar surface area (TPSA) is 112 Å². The van der Waals surface area contributed by atoms with Gasteiger partial charge in [-0.1, -0.05) is 12.1 Å². The van der Waals surface area contributed by atoms with Gasteiger partial charge in [0.25, 0.3) is 5.56 Å². The van der Waals surface area contributed by atoms with Crippen LogP contribution in [-0.4, -0.2) is 42.7 Å². The zero-order valence-corrected chi connectivity index (χ0v) is 17.1. The van der Waals surface area contributed by atoms with Crippen LogP contribution in [0.1, 0.15) is 5.56 Å². The van der Waals surface area contributed by atoms with Gasteiger partial charge < -0.3 is 19.2 Å². The van der Waals surface area contributed by atoms with Crippen LogP contribution in [-0.2, 0) is 9.53 Å². The first-order chi connectivity index (χ1) is 13.9. The molecule has 0 aliphatic heterocycles. The summed E-state index contributed by atoms with van der Waals surface area (Å²) in [5, 5.41) is 4.35. The fourth-order valence-corrected chi connectivity index (χ4v) is 2.92. The molecule has 29 heavy (non-hydrogen) atoms. The lowest BCUT2D eigenvalue weighted by Gasteiger charge is -2.11. The molecule has 1 heterocycles. The van der Waals surface area contributed by atoms with Crippen LogP contribution in [0.2, 0.25) is 0 Å². The van der Waals surface area contributed by atoms with E-state index in [2.05, 4.69) is 30.8 Å². The highest BCUT2D eigenvalue weighted by Gasteiger charge is 2.12. The van der Waals surface area contributed by atoms with Gasteiger partial charge in [0, 0.05) is 10.0 Å². The second kappa shape index (κ2) is 8.74. The highest BCUT2D eigenvalue weighted by molar-refractivity contribution is 9.10. The van der Waals surface area contributed by atoms with Crippen LogP contribution >= 0.6 is 15.9 Å². The Morgan fingerprint density at radius 2 is 1.97 bits per heavy atom. The van der Waals surface area contributed by atoms with Gasteiger partial charge in [0.2, 0.25) is 0 Å². The van der Waals surface area contributed by atoms with E-state index in [4.69, 9.17) is 9.47 Å². The van der Waals surface area contributed by atoms with Crippen molar-refractivity contribution in [1.29, 1.82) is 0 Å². The molecule has 0 saturated heterocycles. The molecule has 0 unspecified atom stereocenters. The summed E-state index contributed by atoms with van der Waals surface area (Å²) in [6, 6.07) is 9.83. The molecule has 0 aliphatic rings. The molecule has 1 aromatic heterocycles. The Balaban J connectivity index is 1.97. The Morgan fingerprint density at radius 3 is 2.69 bits per heavy atom. The summed E-state index contributed by atoms with van der Waals surface area (Å²) in [5.41, 5.74) is -0.247. The maximum absolute atomic E-state index is 12.5. The number of carbonyl (C=O) groups is 1. The third-order valence-corrected chi connectivity index (χ3v) is 4.64. The SMILES string of the molecule is COC(=O)COc1cc(Br)c(C=Nn2c(=O)[nH]c3ccccc3c2=O)cc1OC. The zero-order chi connectivity index (χ0) is 21.0. The van der Waals surface area contributed by atoms with E-state index in [0.29, 0.717) is 32.4 Å². The van der Waals surface area contributed by atoms with Gasteiger partial charge in [-0.3, -0.25) is 4.79 Å². The van der Waals surface area contributed by atoms with E-state index in [1.54, 1.807) is 36.4 Å². The van der Waals surface area contributed by atoms with Crippen LogP contribution in [0.15, 0.2) is 55.6 Å². The number of aromatic amines is 1. The van der Waals surface area contributed by atoms with E-state index in [0.717, 1.165) is 4.68 Å². The van der Waals surface area contributed by atoms with E-state index in [1.165, 1.54) is 20.4 Å². The number of hydrogen-bond acceptors (Lipinski definition) is 7. The number of aromatic nitrogens is 2. The molecule has 0 amide bonds. The fraction of sp³-hybridized carbons (Fsp3) is 0.158. The van der Waals surface area contributed by atoms with Crippen molar-refractivity contribution in [2.75, 3.05) is 20.8 Å². The third kappa shape index (κ3) is 4.37. The Kier molecular flexibility index (Phi) is 6.13. The molecule has 3 aromatic rings. The maximum Gasteiger partial charge on any atom is 0.349 e. The molecule has 0 atom stereocenters. The first-order valence-electron chi connectivity index (χ1n) is 8.30. The summed E-state index contributed by atoms with van der Waals surface area (Å²) < 4.78 is 16.5. The summed E-state index contributed by atoms with van der Waals surface area (Å²) >= 11 is 3.37. The number of esters is 1. The number of hydrogen-bond donors (Lipinski definition) is 1. The van der Waals surface area contributed by atoms with Crippen LogP contribution in [0.4, 0.5) is 0 Å². The highest BCUT2D eigenvalue weighted by atomic mass is 79.9. The smallest absolute Gasteiger partial charge is 0.349 e. The number of rotatable bonds is 6. The Hall–Kier alpha value is -3.40. The second-order valence-corrected chi connectivity index (χ2v) is 6.58. The van der Waals surface area contributed by atoms with Gasteiger partial charge in [0.1, 0.15) is 0 Å². The average Bonchev–Trinajstić information content (AvgIpc) is 2.72. The minimum absolute atomic E-state index is 0.283. The van der Waals surface area contributed by atoms with E-state index < -0.39 is 17.2 Å². The number of carbonyl (C=O) groups excluding carboxylic acids is 1. The third-order valence-electron chi connectivity index (χ3n) is 3.95. The van der Waals surface area contributed by atoms with E-state index in [-0.39, 0.29) is 6.61 Å². The standard InChI is InChI=1S/C19H16BrN3O6/c1-27-15-7-11(13(20)8-16(15)29-10-17(24)28-2)9-21-23-18(25)12-5-3-4-6-14(12)22-19(23)26/h3-9H,10H2,1-2H3,(H,22,26). The summed E-state index contributed by atoms with van der Waals surface area (Å²) in [6.45, 7) is -0.283. The van der Waals surface area contributed by atoms with Crippen LogP contribution in [0.25, 0.3) is 10.9 Å². The summed E-state index contributed by atoms with van der Waals surface area (Å²) in [7, 11) is 2.70.